The number of hydrogen-bond acceptors (Lipinski definition) is 5. The van der Waals surface area contributed by atoms with Crippen molar-refractivity contribution in [2.45, 2.75) is 31.8 Å². The number of nitrogens with one attached hydrogen (secondary N) is 2. The number of benzene rings is 1. The molecule has 168 valence electrons. The standard InChI is InChI=1S/C24H30N6O2/c31-24(27-21-8-15-29(16-9-21)14-7-20-5-11-25-12-6-20)28-22-3-1-4-23(19-22)32-18-17-30-13-2-10-26-30/h1-6,10-13,19,21H,7-9,14-18H2,(H2,27,28,31). The number of aromatic nitrogens is 3. The maximum Gasteiger partial charge on any atom is 0.319 e. The molecule has 2 N–H and O–H groups in total. The van der Waals surface area contributed by atoms with Gasteiger partial charge in [-0.25, -0.2) is 4.79 Å². The first-order valence-electron chi connectivity index (χ1n) is 11.1. The highest BCUT2D eigenvalue weighted by Crippen LogP contribution is 2.18. The van der Waals surface area contributed by atoms with Gasteiger partial charge in [-0.15, -0.1) is 0 Å². The van der Waals surface area contributed by atoms with Crippen LogP contribution >= 0.6 is 0 Å². The summed E-state index contributed by atoms with van der Waals surface area (Å²) in [7, 11) is 0. The molecule has 2 amide bonds. The maximum atomic E-state index is 12.5. The fraction of sp³-hybridized carbons (Fsp3) is 0.375. The zero-order valence-corrected chi connectivity index (χ0v) is 18.2. The molecule has 1 saturated heterocycles. The minimum atomic E-state index is -0.172. The van der Waals surface area contributed by atoms with E-state index >= 15 is 0 Å². The molecule has 1 aromatic carbocycles. The number of likely N-dealkylation sites (tertiary alicyclic amines) is 1. The minimum Gasteiger partial charge on any atom is -0.492 e. The van der Waals surface area contributed by atoms with Gasteiger partial charge >= 0.3 is 6.03 Å². The van der Waals surface area contributed by atoms with Crippen LogP contribution in [-0.4, -0.2) is 58.0 Å². The summed E-state index contributed by atoms with van der Waals surface area (Å²) < 4.78 is 7.60. The minimum absolute atomic E-state index is 0.172. The summed E-state index contributed by atoms with van der Waals surface area (Å²) in [6.07, 6.45) is 10.3. The summed E-state index contributed by atoms with van der Waals surface area (Å²) in [5, 5.41) is 10.2. The van der Waals surface area contributed by atoms with Crippen LogP contribution in [0, 0.1) is 0 Å². The molecule has 1 aliphatic rings. The second-order valence-electron chi connectivity index (χ2n) is 7.97. The predicted molar refractivity (Wildman–Crippen MR) is 124 cm³/mol. The number of anilines is 1. The van der Waals surface area contributed by atoms with Gasteiger partial charge in [0.15, 0.2) is 0 Å². The van der Waals surface area contributed by atoms with Crippen molar-refractivity contribution in [2.75, 3.05) is 31.6 Å². The van der Waals surface area contributed by atoms with Crippen LogP contribution in [0.25, 0.3) is 0 Å². The van der Waals surface area contributed by atoms with Gasteiger partial charge in [0.2, 0.25) is 0 Å². The Morgan fingerprint density at radius 1 is 1.06 bits per heavy atom. The molecule has 1 fully saturated rings. The number of carbonyl (C=O) groups is 1. The fourth-order valence-corrected chi connectivity index (χ4v) is 3.84. The summed E-state index contributed by atoms with van der Waals surface area (Å²) >= 11 is 0. The summed E-state index contributed by atoms with van der Waals surface area (Å²) in [6.45, 7) is 4.21. The molecule has 0 atom stereocenters. The number of urea groups is 1. The molecule has 1 aliphatic heterocycles. The number of hydrogen-bond donors (Lipinski definition) is 2. The number of rotatable bonds is 9. The van der Waals surface area contributed by atoms with Crippen molar-refractivity contribution in [2.24, 2.45) is 0 Å². The van der Waals surface area contributed by atoms with Crippen LogP contribution in [0.1, 0.15) is 18.4 Å². The third kappa shape index (κ3) is 6.81. The topological polar surface area (TPSA) is 84.3 Å². The lowest BCUT2D eigenvalue weighted by atomic mass is 10.0. The van der Waals surface area contributed by atoms with E-state index in [9.17, 15) is 4.79 Å². The molecule has 32 heavy (non-hydrogen) atoms. The van der Waals surface area contributed by atoms with Crippen molar-refractivity contribution in [3.63, 3.8) is 0 Å². The zero-order chi connectivity index (χ0) is 22.0. The summed E-state index contributed by atoms with van der Waals surface area (Å²) in [5.74, 6) is 0.720. The van der Waals surface area contributed by atoms with Gasteiger partial charge in [0.05, 0.1) is 6.54 Å². The Morgan fingerprint density at radius 3 is 2.69 bits per heavy atom. The fourth-order valence-electron chi connectivity index (χ4n) is 3.84. The first-order chi connectivity index (χ1) is 15.7. The molecule has 0 spiro atoms. The smallest absolute Gasteiger partial charge is 0.319 e. The molecule has 8 nitrogen and oxygen atoms in total. The lowest BCUT2D eigenvalue weighted by Gasteiger charge is -2.32. The SMILES string of the molecule is O=C(Nc1cccc(OCCn2cccn2)c1)NC1CCN(CCc2ccncc2)CC1. The molecule has 0 unspecified atom stereocenters. The van der Waals surface area contributed by atoms with Gasteiger partial charge in [0, 0.05) is 62.2 Å². The van der Waals surface area contributed by atoms with E-state index in [4.69, 9.17) is 4.74 Å². The lowest BCUT2D eigenvalue weighted by Crippen LogP contribution is -2.46. The highest BCUT2D eigenvalue weighted by Gasteiger charge is 2.20. The van der Waals surface area contributed by atoms with E-state index in [1.807, 2.05) is 53.6 Å². The monoisotopic (exact) mass is 434 g/mol. The third-order valence-corrected chi connectivity index (χ3v) is 5.63. The molecule has 2 aromatic heterocycles. The van der Waals surface area contributed by atoms with Crippen LogP contribution < -0.4 is 15.4 Å². The molecule has 3 heterocycles. The Hall–Kier alpha value is -3.39. The number of ether oxygens (including phenoxy) is 1. The number of amides is 2. The predicted octanol–water partition coefficient (Wildman–Crippen LogP) is 3.19. The van der Waals surface area contributed by atoms with Gasteiger partial charge in [-0.1, -0.05) is 6.07 Å². The Morgan fingerprint density at radius 2 is 1.91 bits per heavy atom. The van der Waals surface area contributed by atoms with Crippen LogP contribution in [0.15, 0.2) is 67.3 Å². The van der Waals surface area contributed by atoms with E-state index < -0.39 is 0 Å². The Labute approximate surface area is 188 Å². The number of nitrogens with zero attached hydrogens (tertiary/aromatic N) is 4. The van der Waals surface area contributed by atoms with E-state index in [-0.39, 0.29) is 12.1 Å². The molecule has 8 heteroatoms. The highest BCUT2D eigenvalue weighted by molar-refractivity contribution is 5.89. The van der Waals surface area contributed by atoms with Crippen molar-refractivity contribution >= 4 is 11.7 Å². The van der Waals surface area contributed by atoms with E-state index in [0.29, 0.717) is 18.8 Å². The van der Waals surface area contributed by atoms with Gasteiger partial charge in [-0.3, -0.25) is 9.67 Å². The normalized spacial score (nSPS) is 14.8. The second-order valence-corrected chi connectivity index (χ2v) is 7.97. The second kappa shape index (κ2) is 11.3. The van der Waals surface area contributed by atoms with Gasteiger partial charge in [-0.2, -0.15) is 5.10 Å². The average molecular weight is 435 g/mol. The first kappa shape index (κ1) is 21.8. The highest BCUT2D eigenvalue weighted by atomic mass is 16.5. The van der Waals surface area contributed by atoms with E-state index in [0.717, 1.165) is 44.6 Å². The quantitative estimate of drug-likeness (QED) is 0.540. The molecule has 0 radical (unpaired) electrons. The van der Waals surface area contributed by atoms with Crippen molar-refractivity contribution < 1.29 is 9.53 Å². The van der Waals surface area contributed by atoms with Crippen LogP contribution in [0.2, 0.25) is 0 Å². The molecule has 4 rings (SSSR count). The molecule has 0 aliphatic carbocycles. The third-order valence-electron chi connectivity index (χ3n) is 5.63. The molecular weight excluding hydrogens is 404 g/mol. The van der Waals surface area contributed by atoms with Crippen LogP contribution in [0.3, 0.4) is 0 Å². The maximum absolute atomic E-state index is 12.5. The largest absolute Gasteiger partial charge is 0.492 e. The molecular formula is C24H30N6O2. The van der Waals surface area contributed by atoms with Crippen molar-refractivity contribution in [1.82, 2.24) is 25.0 Å². The van der Waals surface area contributed by atoms with Gasteiger partial charge in [0.25, 0.3) is 0 Å². The number of piperidine rings is 1. The number of pyridine rings is 1. The molecule has 0 saturated carbocycles. The van der Waals surface area contributed by atoms with Crippen LogP contribution in [0.5, 0.6) is 5.75 Å². The Kier molecular flexibility index (Phi) is 7.70. The van der Waals surface area contributed by atoms with E-state index in [2.05, 4.69) is 37.7 Å². The lowest BCUT2D eigenvalue weighted by molar-refractivity contribution is 0.197. The van der Waals surface area contributed by atoms with Crippen molar-refractivity contribution in [3.8, 4) is 5.75 Å². The van der Waals surface area contributed by atoms with Gasteiger partial charge < -0.3 is 20.3 Å². The first-order valence-corrected chi connectivity index (χ1v) is 11.1. The Balaban J connectivity index is 1.16. The summed E-state index contributed by atoms with van der Waals surface area (Å²) in [4.78, 5) is 19.0. The van der Waals surface area contributed by atoms with E-state index in [1.54, 1.807) is 6.20 Å². The molecule has 3 aromatic rings. The number of carbonyl (C=O) groups excluding carboxylic acids is 1. The van der Waals surface area contributed by atoms with Crippen LogP contribution in [-0.2, 0) is 13.0 Å². The van der Waals surface area contributed by atoms with Crippen molar-refractivity contribution in [3.05, 3.63) is 72.8 Å². The van der Waals surface area contributed by atoms with Gasteiger partial charge in [-0.05, 0) is 55.2 Å². The summed E-state index contributed by atoms with van der Waals surface area (Å²) in [5.41, 5.74) is 2.03. The van der Waals surface area contributed by atoms with Crippen molar-refractivity contribution in [1.29, 1.82) is 0 Å². The summed E-state index contributed by atoms with van der Waals surface area (Å²) in [6, 6.07) is 13.5. The average Bonchev–Trinajstić information content (AvgIpc) is 3.33. The Bertz CT molecular complexity index is 956. The van der Waals surface area contributed by atoms with Gasteiger partial charge in [0.1, 0.15) is 12.4 Å². The van der Waals surface area contributed by atoms with E-state index in [1.165, 1.54) is 5.56 Å². The van der Waals surface area contributed by atoms with Crippen LogP contribution in [0.4, 0.5) is 10.5 Å². The molecule has 0 bridgehead atoms. The zero-order valence-electron chi connectivity index (χ0n) is 18.2.